The lowest BCUT2D eigenvalue weighted by Crippen LogP contribution is -2.47. The van der Waals surface area contributed by atoms with Crippen LogP contribution in [-0.2, 0) is 0 Å². The van der Waals surface area contributed by atoms with Crippen LogP contribution in [0.4, 0.5) is 0 Å². The van der Waals surface area contributed by atoms with Gasteiger partial charge < -0.3 is 10.2 Å². The minimum absolute atomic E-state index is 0.451. The molecule has 0 saturated carbocycles. The predicted octanol–water partition coefficient (Wildman–Crippen LogP) is 2.25. The molecule has 0 aromatic carbocycles. The average Bonchev–Trinajstić information content (AvgIpc) is 2.66. The molecule has 2 atom stereocenters. The highest BCUT2D eigenvalue weighted by molar-refractivity contribution is 4.90. The lowest BCUT2D eigenvalue weighted by Gasteiger charge is -2.37. The molecule has 2 saturated heterocycles. The summed E-state index contributed by atoms with van der Waals surface area (Å²) >= 11 is 0. The fourth-order valence-electron chi connectivity index (χ4n) is 3.30. The predicted molar refractivity (Wildman–Crippen MR) is 65.1 cm³/mol. The number of hydrogen-bond acceptors (Lipinski definition) is 2. The Hall–Kier alpha value is -0.0800. The van der Waals surface area contributed by atoms with Crippen LogP contribution < -0.4 is 5.32 Å². The van der Waals surface area contributed by atoms with Crippen molar-refractivity contribution in [2.24, 2.45) is 5.92 Å². The topological polar surface area (TPSA) is 15.3 Å². The van der Waals surface area contributed by atoms with E-state index in [1.54, 1.807) is 0 Å². The molecule has 0 aromatic rings. The zero-order chi connectivity index (χ0) is 10.7. The normalized spacial score (nSPS) is 38.4. The first-order valence-corrected chi connectivity index (χ1v) is 6.69. The van der Waals surface area contributed by atoms with Crippen LogP contribution in [0.25, 0.3) is 0 Å². The van der Waals surface area contributed by atoms with Crippen LogP contribution in [0.1, 0.15) is 46.0 Å². The van der Waals surface area contributed by atoms with E-state index in [1.165, 1.54) is 58.3 Å². The van der Waals surface area contributed by atoms with Crippen LogP contribution >= 0.6 is 0 Å². The molecule has 0 aliphatic carbocycles. The van der Waals surface area contributed by atoms with Gasteiger partial charge >= 0.3 is 0 Å². The van der Waals surface area contributed by atoms with E-state index in [9.17, 15) is 0 Å². The van der Waals surface area contributed by atoms with Crippen LogP contribution in [0.5, 0.6) is 0 Å². The Kier molecular flexibility index (Phi) is 3.68. The van der Waals surface area contributed by atoms with Gasteiger partial charge in [0, 0.05) is 12.1 Å². The van der Waals surface area contributed by atoms with Crippen molar-refractivity contribution in [1.82, 2.24) is 10.2 Å². The van der Waals surface area contributed by atoms with E-state index in [4.69, 9.17) is 0 Å². The minimum atomic E-state index is 0.451. The molecular formula is C13H26N2. The third kappa shape index (κ3) is 2.94. The Morgan fingerprint density at radius 3 is 2.87 bits per heavy atom. The maximum absolute atomic E-state index is 3.74. The molecule has 0 aromatic heterocycles. The van der Waals surface area contributed by atoms with E-state index >= 15 is 0 Å². The maximum atomic E-state index is 3.74. The van der Waals surface area contributed by atoms with Crippen molar-refractivity contribution in [2.45, 2.75) is 51.5 Å². The summed E-state index contributed by atoms with van der Waals surface area (Å²) in [6.45, 7) is 9.86. The van der Waals surface area contributed by atoms with E-state index in [2.05, 4.69) is 24.1 Å². The van der Waals surface area contributed by atoms with Crippen molar-refractivity contribution in [2.75, 3.05) is 26.2 Å². The first-order chi connectivity index (χ1) is 7.22. The van der Waals surface area contributed by atoms with Gasteiger partial charge in [0.25, 0.3) is 0 Å². The third-order valence-electron chi connectivity index (χ3n) is 4.26. The quantitative estimate of drug-likeness (QED) is 0.768. The van der Waals surface area contributed by atoms with Gasteiger partial charge in [0.15, 0.2) is 0 Å². The van der Waals surface area contributed by atoms with Crippen LogP contribution in [0.3, 0.4) is 0 Å². The summed E-state index contributed by atoms with van der Waals surface area (Å²) in [6.07, 6.45) is 7.00. The molecule has 88 valence electrons. The molecule has 2 heteroatoms. The summed E-state index contributed by atoms with van der Waals surface area (Å²) in [5.41, 5.74) is 0.451. The SMILES string of the molecule is CCN1CCC(CC2(C)CCCCN2)C1. The summed E-state index contributed by atoms with van der Waals surface area (Å²) in [5, 5.41) is 3.74. The van der Waals surface area contributed by atoms with Gasteiger partial charge in [0.2, 0.25) is 0 Å². The second-order valence-electron chi connectivity index (χ2n) is 5.70. The number of piperidine rings is 1. The second-order valence-corrected chi connectivity index (χ2v) is 5.70. The molecule has 1 N–H and O–H groups in total. The zero-order valence-electron chi connectivity index (χ0n) is 10.4. The first-order valence-electron chi connectivity index (χ1n) is 6.69. The van der Waals surface area contributed by atoms with Gasteiger partial charge in [-0.3, -0.25) is 0 Å². The largest absolute Gasteiger partial charge is 0.312 e. The maximum Gasteiger partial charge on any atom is 0.0156 e. The standard InChI is InChI=1S/C13H26N2/c1-3-15-9-6-12(11-15)10-13(2)7-4-5-8-14-13/h12,14H,3-11H2,1-2H3. The van der Waals surface area contributed by atoms with Crippen LogP contribution in [0, 0.1) is 5.92 Å². The van der Waals surface area contributed by atoms with Crippen molar-refractivity contribution in [3.8, 4) is 0 Å². The molecule has 2 rings (SSSR count). The van der Waals surface area contributed by atoms with Gasteiger partial charge in [0.05, 0.1) is 0 Å². The summed E-state index contributed by atoms with van der Waals surface area (Å²) in [7, 11) is 0. The van der Waals surface area contributed by atoms with E-state index < -0.39 is 0 Å². The Morgan fingerprint density at radius 2 is 2.27 bits per heavy atom. The van der Waals surface area contributed by atoms with Gasteiger partial charge in [-0.1, -0.05) is 13.3 Å². The van der Waals surface area contributed by atoms with Crippen molar-refractivity contribution in [3.05, 3.63) is 0 Å². The van der Waals surface area contributed by atoms with Crippen LogP contribution in [0.15, 0.2) is 0 Å². The highest BCUT2D eigenvalue weighted by Crippen LogP contribution is 2.30. The number of nitrogens with zero attached hydrogens (tertiary/aromatic N) is 1. The molecule has 2 nitrogen and oxygen atoms in total. The number of likely N-dealkylation sites (tertiary alicyclic amines) is 1. The fourth-order valence-corrected chi connectivity index (χ4v) is 3.30. The summed E-state index contributed by atoms with van der Waals surface area (Å²) in [6, 6.07) is 0. The highest BCUT2D eigenvalue weighted by Gasteiger charge is 2.32. The number of nitrogens with one attached hydrogen (secondary N) is 1. The van der Waals surface area contributed by atoms with Crippen LogP contribution in [-0.4, -0.2) is 36.6 Å². The zero-order valence-corrected chi connectivity index (χ0v) is 10.4. The van der Waals surface area contributed by atoms with Gasteiger partial charge in [-0.05, 0) is 58.2 Å². The van der Waals surface area contributed by atoms with Gasteiger partial charge in [-0.15, -0.1) is 0 Å². The van der Waals surface area contributed by atoms with Crippen LogP contribution in [0.2, 0.25) is 0 Å². The molecule has 0 amide bonds. The second kappa shape index (κ2) is 4.84. The summed E-state index contributed by atoms with van der Waals surface area (Å²) in [4.78, 5) is 2.59. The van der Waals surface area contributed by atoms with Crippen molar-refractivity contribution in [1.29, 1.82) is 0 Å². The fraction of sp³-hybridized carbons (Fsp3) is 1.00. The van der Waals surface area contributed by atoms with E-state index in [0.717, 1.165) is 5.92 Å². The molecule has 0 radical (unpaired) electrons. The number of hydrogen-bond donors (Lipinski definition) is 1. The monoisotopic (exact) mass is 210 g/mol. The first kappa shape index (κ1) is 11.4. The Bertz CT molecular complexity index is 197. The van der Waals surface area contributed by atoms with Gasteiger partial charge in [-0.2, -0.15) is 0 Å². The average molecular weight is 210 g/mol. The molecule has 15 heavy (non-hydrogen) atoms. The van der Waals surface area contributed by atoms with Gasteiger partial charge in [0.1, 0.15) is 0 Å². The molecule has 2 fully saturated rings. The lowest BCUT2D eigenvalue weighted by molar-refractivity contribution is 0.220. The van der Waals surface area contributed by atoms with Crippen molar-refractivity contribution in [3.63, 3.8) is 0 Å². The summed E-state index contributed by atoms with van der Waals surface area (Å²) in [5.74, 6) is 0.945. The smallest absolute Gasteiger partial charge is 0.0156 e. The van der Waals surface area contributed by atoms with Crippen molar-refractivity contribution < 1.29 is 0 Å². The summed E-state index contributed by atoms with van der Waals surface area (Å²) < 4.78 is 0. The molecule has 2 unspecified atom stereocenters. The Balaban J connectivity index is 1.80. The number of rotatable bonds is 3. The molecule has 2 aliphatic rings. The Morgan fingerprint density at radius 1 is 1.40 bits per heavy atom. The lowest BCUT2D eigenvalue weighted by atomic mass is 9.82. The van der Waals surface area contributed by atoms with E-state index in [-0.39, 0.29) is 0 Å². The van der Waals surface area contributed by atoms with Gasteiger partial charge in [-0.25, -0.2) is 0 Å². The molecule has 0 bridgehead atoms. The molecule has 2 aliphatic heterocycles. The van der Waals surface area contributed by atoms with E-state index in [1.807, 2.05) is 0 Å². The molecular weight excluding hydrogens is 184 g/mol. The molecule has 0 spiro atoms. The molecule has 2 heterocycles. The third-order valence-corrected chi connectivity index (χ3v) is 4.26. The van der Waals surface area contributed by atoms with Crippen molar-refractivity contribution >= 4 is 0 Å². The van der Waals surface area contributed by atoms with E-state index in [0.29, 0.717) is 5.54 Å². The Labute approximate surface area is 94.4 Å². The minimum Gasteiger partial charge on any atom is -0.312 e. The highest BCUT2D eigenvalue weighted by atomic mass is 15.1.